The van der Waals surface area contributed by atoms with Crippen LogP contribution in [0.25, 0.3) is 0 Å². The van der Waals surface area contributed by atoms with Crippen molar-refractivity contribution in [2.45, 2.75) is 19.6 Å². The third-order valence-corrected chi connectivity index (χ3v) is 2.41. The highest BCUT2D eigenvalue weighted by molar-refractivity contribution is 5.83. The smallest absolute Gasteiger partial charge is 0.163 e. The van der Waals surface area contributed by atoms with E-state index in [1.165, 1.54) is 0 Å². The van der Waals surface area contributed by atoms with Crippen LogP contribution in [0, 0.1) is 11.8 Å². The van der Waals surface area contributed by atoms with Crippen LogP contribution in [0.3, 0.4) is 0 Å². The van der Waals surface area contributed by atoms with Gasteiger partial charge in [-0.3, -0.25) is 4.79 Å². The van der Waals surface area contributed by atoms with Crippen molar-refractivity contribution in [2.75, 3.05) is 14.2 Å². The Bertz CT molecular complexity index is 206. The molecule has 0 aromatic heterocycles. The highest BCUT2D eigenvalue weighted by atomic mass is 16.7. The van der Waals surface area contributed by atoms with Crippen molar-refractivity contribution in [1.29, 1.82) is 0 Å². The molecule has 0 radical (unpaired) electrons. The van der Waals surface area contributed by atoms with Crippen LogP contribution < -0.4 is 0 Å². The van der Waals surface area contributed by atoms with Crippen molar-refractivity contribution in [1.82, 2.24) is 0 Å². The Morgan fingerprint density at radius 3 is 2.46 bits per heavy atom. The van der Waals surface area contributed by atoms with Gasteiger partial charge in [0.15, 0.2) is 6.29 Å². The number of carbonyl (C=O) groups excluding carboxylic acids is 1. The lowest BCUT2D eigenvalue weighted by molar-refractivity contribution is -0.140. The number of ketones is 1. The predicted octanol–water partition coefficient (Wildman–Crippen LogP) is 1.39. The average molecular weight is 184 g/mol. The van der Waals surface area contributed by atoms with E-state index in [1.807, 2.05) is 19.1 Å². The standard InChI is InChI=1S/C10H16O3/c1-7-4-5-8(6-9(7)11)10(12-2)13-3/h4-5,7-8,10H,6H2,1-3H3/t7-,8+/m0/s1. The third-order valence-electron chi connectivity index (χ3n) is 2.41. The molecule has 1 aliphatic rings. The van der Waals surface area contributed by atoms with E-state index in [0.717, 1.165) is 0 Å². The summed E-state index contributed by atoms with van der Waals surface area (Å²) in [6, 6.07) is 0. The fourth-order valence-electron chi connectivity index (χ4n) is 1.54. The van der Waals surface area contributed by atoms with Gasteiger partial charge in [-0.2, -0.15) is 0 Å². The van der Waals surface area contributed by atoms with Crippen LogP contribution in [0.5, 0.6) is 0 Å². The van der Waals surface area contributed by atoms with Gasteiger partial charge in [0.2, 0.25) is 0 Å². The molecule has 0 unspecified atom stereocenters. The van der Waals surface area contributed by atoms with Crippen molar-refractivity contribution in [3.05, 3.63) is 12.2 Å². The second-order valence-corrected chi connectivity index (χ2v) is 3.35. The zero-order valence-corrected chi connectivity index (χ0v) is 8.32. The Hall–Kier alpha value is -0.670. The molecule has 0 aromatic carbocycles. The maximum Gasteiger partial charge on any atom is 0.163 e. The molecule has 13 heavy (non-hydrogen) atoms. The molecule has 3 heteroatoms. The molecule has 0 amide bonds. The molecule has 0 aliphatic heterocycles. The van der Waals surface area contributed by atoms with Gasteiger partial charge in [-0.25, -0.2) is 0 Å². The summed E-state index contributed by atoms with van der Waals surface area (Å²) >= 11 is 0. The van der Waals surface area contributed by atoms with Crippen LogP contribution in [0.2, 0.25) is 0 Å². The van der Waals surface area contributed by atoms with Gasteiger partial charge in [0.05, 0.1) is 0 Å². The predicted molar refractivity (Wildman–Crippen MR) is 49.2 cm³/mol. The van der Waals surface area contributed by atoms with Crippen LogP contribution in [0.1, 0.15) is 13.3 Å². The van der Waals surface area contributed by atoms with Gasteiger partial charge in [-0.1, -0.05) is 19.1 Å². The fraction of sp³-hybridized carbons (Fsp3) is 0.700. The van der Waals surface area contributed by atoms with Crippen molar-refractivity contribution >= 4 is 5.78 Å². The van der Waals surface area contributed by atoms with Gasteiger partial charge in [0.25, 0.3) is 0 Å². The summed E-state index contributed by atoms with van der Waals surface area (Å²) in [5, 5.41) is 0. The number of hydrogen-bond donors (Lipinski definition) is 0. The first-order valence-corrected chi connectivity index (χ1v) is 4.45. The molecule has 0 spiro atoms. The van der Waals surface area contributed by atoms with E-state index >= 15 is 0 Å². The lowest BCUT2D eigenvalue weighted by atomic mass is 9.88. The van der Waals surface area contributed by atoms with E-state index in [4.69, 9.17) is 9.47 Å². The summed E-state index contributed by atoms with van der Waals surface area (Å²) in [5.74, 6) is 0.371. The molecule has 0 N–H and O–H groups in total. The zero-order chi connectivity index (χ0) is 9.84. The van der Waals surface area contributed by atoms with E-state index in [0.29, 0.717) is 6.42 Å². The van der Waals surface area contributed by atoms with Gasteiger partial charge in [0, 0.05) is 32.5 Å². The van der Waals surface area contributed by atoms with Crippen molar-refractivity contribution in [3.63, 3.8) is 0 Å². The average Bonchev–Trinajstić information content (AvgIpc) is 2.13. The maximum absolute atomic E-state index is 11.4. The Kier molecular flexibility index (Phi) is 3.63. The Labute approximate surface area is 78.7 Å². The summed E-state index contributed by atoms with van der Waals surface area (Å²) in [7, 11) is 3.18. The molecule has 1 aliphatic carbocycles. The topological polar surface area (TPSA) is 35.5 Å². The number of hydrogen-bond acceptors (Lipinski definition) is 3. The minimum absolute atomic E-state index is 0.0469. The van der Waals surface area contributed by atoms with Gasteiger partial charge in [-0.15, -0.1) is 0 Å². The monoisotopic (exact) mass is 184 g/mol. The number of methoxy groups -OCH3 is 2. The molecule has 74 valence electrons. The first kappa shape index (κ1) is 10.4. The fourth-order valence-corrected chi connectivity index (χ4v) is 1.54. The highest BCUT2D eigenvalue weighted by Crippen LogP contribution is 2.23. The molecule has 1 rings (SSSR count). The second-order valence-electron chi connectivity index (χ2n) is 3.35. The van der Waals surface area contributed by atoms with Crippen LogP contribution in [0.15, 0.2) is 12.2 Å². The van der Waals surface area contributed by atoms with Crippen LogP contribution in [0.4, 0.5) is 0 Å². The first-order valence-electron chi connectivity index (χ1n) is 4.45. The van der Waals surface area contributed by atoms with E-state index in [-0.39, 0.29) is 23.9 Å². The summed E-state index contributed by atoms with van der Waals surface area (Å²) in [4.78, 5) is 11.4. The van der Waals surface area contributed by atoms with Gasteiger partial charge in [0.1, 0.15) is 5.78 Å². The highest BCUT2D eigenvalue weighted by Gasteiger charge is 2.26. The molecular formula is C10H16O3. The number of ether oxygens (including phenoxy) is 2. The molecule has 3 nitrogen and oxygen atoms in total. The molecule has 0 saturated heterocycles. The minimum Gasteiger partial charge on any atom is -0.355 e. The summed E-state index contributed by atoms with van der Waals surface area (Å²) in [5.41, 5.74) is 0. The van der Waals surface area contributed by atoms with E-state index in [1.54, 1.807) is 14.2 Å². The van der Waals surface area contributed by atoms with E-state index in [2.05, 4.69) is 0 Å². The number of Topliss-reactive ketones (excluding diaryl/α,β-unsaturated/α-hetero) is 1. The maximum atomic E-state index is 11.4. The lowest BCUT2D eigenvalue weighted by Gasteiger charge is -2.25. The molecule has 2 atom stereocenters. The number of allylic oxidation sites excluding steroid dienone is 1. The number of rotatable bonds is 3. The summed E-state index contributed by atoms with van der Waals surface area (Å²) in [6.07, 6.45) is 4.14. The quantitative estimate of drug-likeness (QED) is 0.491. The molecular weight excluding hydrogens is 168 g/mol. The van der Waals surface area contributed by atoms with Gasteiger partial charge >= 0.3 is 0 Å². The molecule has 0 bridgehead atoms. The third kappa shape index (κ3) is 2.39. The van der Waals surface area contributed by atoms with Crippen molar-refractivity contribution < 1.29 is 14.3 Å². The normalized spacial score (nSPS) is 28.5. The number of carbonyl (C=O) groups is 1. The van der Waals surface area contributed by atoms with E-state index in [9.17, 15) is 4.79 Å². The Morgan fingerprint density at radius 2 is 2.00 bits per heavy atom. The van der Waals surface area contributed by atoms with Crippen LogP contribution >= 0.6 is 0 Å². The first-order chi connectivity index (χ1) is 6.19. The minimum atomic E-state index is -0.298. The summed E-state index contributed by atoms with van der Waals surface area (Å²) in [6.45, 7) is 1.91. The van der Waals surface area contributed by atoms with Gasteiger partial charge < -0.3 is 9.47 Å². The molecule has 0 saturated carbocycles. The molecule has 0 aromatic rings. The summed E-state index contributed by atoms with van der Waals surface area (Å²) < 4.78 is 10.2. The lowest BCUT2D eigenvalue weighted by Crippen LogP contribution is -2.29. The zero-order valence-electron chi connectivity index (χ0n) is 8.32. The Morgan fingerprint density at radius 1 is 1.38 bits per heavy atom. The van der Waals surface area contributed by atoms with Crippen LogP contribution in [-0.4, -0.2) is 26.3 Å². The van der Waals surface area contributed by atoms with Crippen LogP contribution in [-0.2, 0) is 14.3 Å². The second kappa shape index (κ2) is 4.53. The van der Waals surface area contributed by atoms with E-state index < -0.39 is 0 Å². The van der Waals surface area contributed by atoms with Crippen molar-refractivity contribution in [2.24, 2.45) is 11.8 Å². The van der Waals surface area contributed by atoms with Gasteiger partial charge in [-0.05, 0) is 0 Å². The SMILES string of the molecule is COC(OC)[C@@H]1C=C[C@H](C)C(=O)C1. The molecule has 0 fully saturated rings. The van der Waals surface area contributed by atoms with Crippen molar-refractivity contribution in [3.8, 4) is 0 Å². The molecule has 0 heterocycles. The Balaban J connectivity index is 2.63. The largest absolute Gasteiger partial charge is 0.355 e.